The van der Waals surface area contributed by atoms with Crippen molar-refractivity contribution in [3.05, 3.63) is 27.2 Å². The molecule has 0 bridgehead atoms. The van der Waals surface area contributed by atoms with Crippen molar-refractivity contribution < 1.29 is 17.9 Å². The topological polar surface area (TPSA) is 86.5 Å². The summed E-state index contributed by atoms with van der Waals surface area (Å²) in [5.74, 6) is -0.669. The standard InChI is InChI=1S/C12H15BrClNO4S/c1-2-3-4-5-19-12(16)9-6-8(13)7-10(11(9)14)20(15,17)18/h6-7H,2-5H2,1H3,(H2,15,17,18). The van der Waals surface area contributed by atoms with E-state index < -0.39 is 16.0 Å². The van der Waals surface area contributed by atoms with Crippen molar-refractivity contribution in [1.29, 1.82) is 0 Å². The van der Waals surface area contributed by atoms with Gasteiger partial charge >= 0.3 is 5.97 Å². The van der Waals surface area contributed by atoms with Crippen LogP contribution in [0.25, 0.3) is 0 Å². The van der Waals surface area contributed by atoms with Crippen LogP contribution in [0.1, 0.15) is 36.5 Å². The van der Waals surface area contributed by atoms with Gasteiger partial charge in [-0.1, -0.05) is 47.3 Å². The summed E-state index contributed by atoms with van der Waals surface area (Å²) in [6.45, 7) is 2.30. The number of nitrogens with two attached hydrogens (primary N) is 1. The van der Waals surface area contributed by atoms with Gasteiger partial charge in [0.05, 0.1) is 17.2 Å². The Hall–Kier alpha value is -0.630. The summed E-state index contributed by atoms with van der Waals surface area (Å²) in [7, 11) is -4.01. The van der Waals surface area contributed by atoms with E-state index in [1.54, 1.807) is 0 Å². The van der Waals surface area contributed by atoms with Crippen molar-refractivity contribution in [3.63, 3.8) is 0 Å². The summed E-state index contributed by atoms with van der Waals surface area (Å²) in [4.78, 5) is 11.6. The number of hydrogen-bond acceptors (Lipinski definition) is 4. The Kier molecular flexibility index (Phi) is 6.44. The van der Waals surface area contributed by atoms with Gasteiger partial charge in [-0.05, 0) is 18.6 Å². The first-order valence-electron chi connectivity index (χ1n) is 5.96. The normalized spacial score (nSPS) is 11.4. The number of unbranched alkanes of at least 4 members (excludes halogenated alkanes) is 2. The Labute approximate surface area is 131 Å². The fourth-order valence-electron chi connectivity index (χ4n) is 1.51. The number of ether oxygens (including phenoxy) is 1. The fraction of sp³-hybridized carbons (Fsp3) is 0.417. The number of benzene rings is 1. The number of sulfonamides is 1. The number of halogens is 2. The minimum absolute atomic E-state index is 0.0263. The Morgan fingerprint density at radius 2 is 2.05 bits per heavy atom. The van der Waals surface area contributed by atoms with Crippen LogP contribution < -0.4 is 5.14 Å². The van der Waals surface area contributed by atoms with Crippen molar-refractivity contribution >= 4 is 43.5 Å². The highest BCUT2D eigenvalue weighted by atomic mass is 79.9. The van der Waals surface area contributed by atoms with E-state index in [-0.39, 0.29) is 22.1 Å². The maximum Gasteiger partial charge on any atom is 0.339 e. The second-order valence-electron chi connectivity index (χ2n) is 4.15. The molecular weight excluding hydrogens is 370 g/mol. The summed E-state index contributed by atoms with van der Waals surface area (Å²) in [6, 6.07) is 2.64. The van der Waals surface area contributed by atoms with Crippen LogP contribution in [0.2, 0.25) is 5.02 Å². The highest BCUT2D eigenvalue weighted by molar-refractivity contribution is 9.10. The van der Waals surface area contributed by atoms with Crippen LogP contribution >= 0.6 is 27.5 Å². The van der Waals surface area contributed by atoms with E-state index >= 15 is 0 Å². The quantitative estimate of drug-likeness (QED) is 0.603. The molecule has 0 unspecified atom stereocenters. The van der Waals surface area contributed by atoms with Crippen LogP contribution in [0.15, 0.2) is 21.5 Å². The van der Waals surface area contributed by atoms with Crippen molar-refractivity contribution in [2.45, 2.75) is 31.1 Å². The Morgan fingerprint density at radius 1 is 1.40 bits per heavy atom. The first-order chi connectivity index (χ1) is 9.27. The largest absolute Gasteiger partial charge is 0.462 e. The van der Waals surface area contributed by atoms with Crippen LogP contribution in [0.4, 0.5) is 0 Å². The number of rotatable bonds is 6. The first kappa shape index (κ1) is 17.4. The van der Waals surface area contributed by atoms with Crippen LogP contribution in [-0.2, 0) is 14.8 Å². The van der Waals surface area contributed by atoms with Crippen LogP contribution in [0.3, 0.4) is 0 Å². The molecule has 2 N–H and O–H groups in total. The van der Waals surface area contributed by atoms with E-state index in [1.807, 2.05) is 6.92 Å². The molecule has 112 valence electrons. The Morgan fingerprint density at radius 3 is 2.60 bits per heavy atom. The molecule has 0 aliphatic carbocycles. The molecule has 8 heteroatoms. The highest BCUT2D eigenvalue weighted by Crippen LogP contribution is 2.29. The number of carbonyl (C=O) groups is 1. The van der Waals surface area contributed by atoms with E-state index in [0.29, 0.717) is 4.47 Å². The van der Waals surface area contributed by atoms with Crippen molar-refractivity contribution in [3.8, 4) is 0 Å². The molecule has 0 aliphatic rings. The summed E-state index contributed by atoms with van der Waals surface area (Å²) in [5.41, 5.74) is -0.0263. The summed E-state index contributed by atoms with van der Waals surface area (Å²) >= 11 is 9.03. The third-order valence-electron chi connectivity index (χ3n) is 2.51. The zero-order valence-corrected chi connectivity index (χ0v) is 14.0. The van der Waals surface area contributed by atoms with Crippen LogP contribution in [0.5, 0.6) is 0 Å². The molecule has 1 aromatic rings. The minimum Gasteiger partial charge on any atom is -0.462 e. The smallest absolute Gasteiger partial charge is 0.339 e. The van der Waals surface area contributed by atoms with Gasteiger partial charge in [0.25, 0.3) is 0 Å². The lowest BCUT2D eigenvalue weighted by Crippen LogP contribution is -2.15. The molecule has 0 spiro atoms. The monoisotopic (exact) mass is 383 g/mol. The lowest BCUT2D eigenvalue weighted by Gasteiger charge is -2.09. The number of carbonyl (C=O) groups excluding carboxylic acids is 1. The van der Waals surface area contributed by atoms with E-state index in [9.17, 15) is 13.2 Å². The average Bonchev–Trinajstić information content (AvgIpc) is 2.35. The van der Waals surface area contributed by atoms with Crippen molar-refractivity contribution in [2.24, 2.45) is 5.14 Å². The number of esters is 1. The van der Waals surface area contributed by atoms with Gasteiger partial charge in [-0.15, -0.1) is 0 Å². The molecule has 1 aromatic carbocycles. The Bertz CT molecular complexity index is 604. The zero-order chi connectivity index (χ0) is 15.3. The van der Waals surface area contributed by atoms with Gasteiger partial charge < -0.3 is 4.74 Å². The molecule has 0 aromatic heterocycles. The fourth-order valence-corrected chi connectivity index (χ4v) is 3.28. The summed E-state index contributed by atoms with van der Waals surface area (Å²) < 4.78 is 28.2. The lowest BCUT2D eigenvalue weighted by molar-refractivity contribution is 0.0498. The molecule has 0 heterocycles. The molecule has 0 saturated heterocycles. The number of hydrogen-bond donors (Lipinski definition) is 1. The maximum atomic E-state index is 11.9. The molecule has 0 atom stereocenters. The molecule has 0 amide bonds. The summed E-state index contributed by atoms with van der Waals surface area (Å²) in [6.07, 6.45) is 2.70. The maximum absolute atomic E-state index is 11.9. The molecule has 1 rings (SSSR count). The summed E-state index contributed by atoms with van der Waals surface area (Å²) in [5, 5.41) is 4.82. The predicted octanol–water partition coefficient (Wildman–Crippen LogP) is 3.10. The second kappa shape index (κ2) is 7.40. The number of primary sulfonamides is 1. The molecule has 5 nitrogen and oxygen atoms in total. The molecule has 0 saturated carbocycles. The molecule has 0 fully saturated rings. The van der Waals surface area contributed by atoms with Gasteiger partial charge in [-0.2, -0.15) is 0 Å². The zero-order valence-electron chi connectivity index (χ0n) is 10.9. The molecule has 0 radical (unpaired) electrons. The van der Waals surface area contributed by atoms with Crippen molar-refractivity contribution in [1.82, 2.24) is 0 Å². The van der Waals surface area contributed by atoms with E-state index in [0.717, 1.165) is 19.3 Å². The third-order valence-corrected chi connectivity index (χ3v) is 4.42. The molecule has 20 heavy (non-hydrogen) atoms. The van der Waals surface area contributed by atoms with Gasteiger partial charge in [0.15, 0.2) is 0 Å². The predicted molar refractivity (Wildman–Crippen MR) is 80.3 cm³/mol. The van der Waals surface area contributed by atoms with Crippen LogP contribution in [-0.4, -0.2) is 21.0 Å². The second-order valence-corrected chi connectivity index (χ2v) is 6.98. The molecule has 0 aliphatic heterocycles. The van der Waals surface area contributed by atoms with Crippen LogP contribution in [0, 0.1) is 0 Å². The van der Waals surface area contributed by atoms with Gasteiger partial charge in [-0.25, -0.2) is 18.4 Å². The highest BCUT2D eigenvalue weighted by Gasteiger charge is 2.21. The Balaban J connectivity index is 3.01. The van der Waals surface area contributed by atoms with E-state index in [1.165, 1.54) is 12.1 Å². The SMILES string of the molecule is CCCCCOC(=O)c1cc(Br)cc(S(N)(=O)=O)c1Cl. The lowest BCUT2D eigenvalue weighted by atomic mass is 10.2. The third kappa shape index (κ3) is 4.73. The van der Waals surface area contributed by atoms with Gasteiger partial charge in [0.1, 0.15) is 4.90 Å². The van der Waals surface area contributed by atoms with E-state index in [2.05, 4.69) is 15.9 Å². The molecular formula is C12H15BrClNO4S. The minimum atomic E-state index is -4.01. The van der Waals surface area contributed by atoms with Gasteiger partial charge in [0.2, 0.25) is 10.0 Å². The van der Waals surface area contributed by atoms with Gasteiger partial charge in [0, 0.05) is 4.47 Å². The average molecular weight is 385 g/mol. The first-order valence-corrected chi connectivity index (χ1v) is 8.68. The van der Waals surface area contributed by atoms with E-state index in [4.69, 9.17) is 21.5 Å². The van der Waals surface area contributed by atoms with Gasteiger partial charge in [-0.3, -0.25) is 0 Å². The van der Waals surface area contributed by atoms with Crippen molar-refractivity contribution in [2.75, 3.05) is 6.61 Å².